The number of rotatable bonds is 12. The van der Waals surface area contributed by atoms with Gasteiger partial charge in [-0.05, 0) is 57.0 Å². The molecular weight excluding hydrogens is 566 g/mol. The standard InChI is InChI=1S/C30H33N9O5/c1-4-12-31-27-24-28(38(16-34-24)17(2)3)37-30(36-27)33-14-5-13-32-29(42)19-8-11-21-22(15-19)35-23(26(41)25(21)40)18-6-9-20(10-7-18)39(43)44/h6-11,15-17,41H,4-5,12-14H2,1-3H3,(H,32,42)(H,35,40)(H2,31,33,36,37). The van der Waals surface area contributed by atoms with Crippen LogP contribution in [0.15, 0.2) is 53.6 Å². The van der Waals surface area contributed by atoms with Crippen LogP contribution in [-0.4, -0.2) is 60.1 Å². The van der Waals surface area contributed by atoms with E-state index in [1.54, 1.807) is 6.33 Å². The molecule has 0 atom stereocenters. The molecule has 0 aliphatic carbocycles. The number of hydrogen-bond acceptors (Lipinski definition) is 10. The lowest BCUT2D eigenvalue weighted by molar-refractivity contribution is -0.384. The second-order valence-electron chi connectivity index (χ2n) is 10.5. The largest absolute Gasteiger partial charge is 0.503 e. The van der Waals surface area contributed by atoms with Crippen LogP contribution < -0.4 is 21.4 Å². The van der Waals surface area contributed by atoms with Crippen LogP contribution in [0, 0.1) is 10.1 Å². The van der Waals surface area contributed by atoms with Crippen molar-refractivity contribution in [2.75, 3.05) is 30.3 Å². The van der Waals surface area contributed by atoms with Crippen LogP contribution in [0.5, 0.6) is 5.75 Å². The van der Waals surface area contributed by atoms with E-state index in [0.29, 0.717) is 47.9 Å². The predicted molar refractivity (Wildman–Crippen MR) is 168 cm³/mol. The number of imidazole rings is 1. The van der Waals surface area contributed by atoms with Crippen LogP contribution in [0.25, 0.3) is 33.3 Å². The van der Waals surface area contributed by atoms with E-state index < -0.39 is 16.1 Å². The number of aromatic nitrogens is 5. The molecule has 0 fully saturated rings. The second-order valence-corrected chi connectivity index (χ2v) is 10.5. The Labute approximate surface area is 251 Å². The minimum Gasteiger partial charge on any atom is -0.503 e. The van der Waals surface area contributed by atoms with Gasteiger partial charge in [0.05, 0.1) is 22.5 Å². The molecule has 0 saturated heterocycles. The zero-order valence-electron chi connectivity index (χ0n) is 24.5. The molecule has 0 saturated carbocycles. The summed E-state index contributed by atoms with van der Waals surface area (Å²) in [7, 11) is 0. The minimum atomic E-state index is -0.616. The lowest BCUT2D eigenvalue weighted by Crippen LogP contribution is -2.26. The van der Waals surface area contributed by atoms with Crippen molar-refractivity contribution >= 4 is 45.4 Å². The number of aromatic hydroxyl groups is 1. The van der Waals surface area contributed by atoms with E-state index in [1.165, 1.54) is 42.5 Å². The molecule has 0 spiro atoms. The van der Waals surface area contributed by atoms with Crippen molar-refractivity contribution in [3.05, 3.63) is 74.7 Å². The maximum Gasteiger partial charge on any atom is 0.269 e. The van der Waals surface area contributed by atoms with Gasteiger partial charge in [-0.3, -0.25) is 19.7 Å². The molecule has 3 heterocycles. The summed E-state index contributed by atoms with van der Waals surface area (Å²) < 4.78 is 1.99. The Morgan fingerprint density at radius 2 is 1.86 bits per heavy atom. The van der Waals surface area contributed by atoms with E-state index in [2.05, 4.69) is 56.7 Å². The van der Waals surface area contributed by atoms with Gasteiger partial charge in [-0.25, -0.2) is 4.98 Å². The first kappa shape index (κ1) is 29.9. The lowest BCUT2D eigenvalue weighted by atomic mass is 10.1. The van der Waals surface area contributed by atoms with Gasteiger partial charge in [0.2, 0.25) is 11.4 Å². The fourth-order valence-corrected chi connectivity index (χ4v) is 4.71. The Morgan fingerprint density at radius 3 is 2.57 bits per heavy atom. The molecule has 5 N–H and O–H groups in total. The number of hydrogen-bond donors (Lipinski definition) is 5. The second kappa shape index (κ2) is 12.8. The fraction of sp³-hybridized carbons (Fsp3) is 0.300. The minimum absolute atomic E-state index is 0.103. The third-order valence-corrected chi connectivity index (χ3v) is 7.05. The van der Waals surface area contributed by atoms with Crippen molar-refractivity contribution < 1.29 is 14.8 Å². The van der Waals surface area contributed by atoms with Gasteiger partial charge >= 0.3 is 0 Å². The Morgan fingerprint density at radius 1 is 1.09 bits per heavy atom. The molecule has 3 aromatic heterocycles. The van der Waals surface area contributed by atoms with Gasteiger partial charge in [-0.2, -0.15) is 9.97 Å². The maximum atomic E-state index is 12.9. The van der Waals surface area contributed by atoms with Gasteiger partial charge in [-0.15, -0.1) is 0 Å². The first-order chi connectivity index (χ1) is 21.2. The average Bonchev–Trinajstić information content (AvgIpc) is 3.46. The molecule has 14 nitrogen and oxygen atoms in total. The number of nitro benzene ring substituents is 1. The molecule has 5 aromatic rings. The molecule has 0 aliphatic rings. The smallest absolute Gasteiger partial charge is 0.269 e. The summed E-state index contributed by atoms with van der Waals surface area (Å²) >= 11 is 0. The van der Waals surface area contributed by atoms with Gasteiger partial charge in [0.15, 0.2) is 22.7 Å². The Bertz CT molecular complexity index is 1900. The first-order valence-corrected chi connectivity index (χ1v) is 14.3. The molecule has 228 valence electrons. The highest BCUT2D eigenvalue weighted by atomic mass is 16.6. The van der Waals surface area contributed by atoms with E-state index in [-0.39, 0.29) is 28.7 Å². The number of H-pyrrole nitrogens is 1. The number of aromatic amines is 1. The number of nitro groups is 1. The van der Waals surface area contributed by atoms with Gasteiger partial charge in [0.1, 0.15) is 0 Å². The summed E-state index contributed by atoms with van der Waals surface area (Å²) in [5.74, 6) is 0.297. The van der Waals surface area contributed by atoms with E-state index in [0.717, 1.165) is 24.1 Å². The van der Waals surface area contributed by atoms with Crippen molar-refractivity contribution in [1.82, 2.24) is 29.8 Å². The highest BCUT2D eigenvalue weighted by Gasteiger charge is 2.17. The van der Waals surface area contributed by atoms with Crippen molar-refractivity contribution in [2.45, 2.75) is 39.7 Å². The van der Waals surface area contributed by atoms with Crippen LogP contribution in [-0.2, 0) is 0 Å². The summed E-state index contributed by atoms with van der Waals surface area (Å²) in [4.78, 5) is 52.9. The molecule has 0 radical (unpaired) electrons. The zero-order valence-corrected chi connectivity index (χ0v) is 24.5. The van der Waals surface area contributed by atoms with Crippen LogP contribution in [0.3, 0.4) is 0 Å². The fourth-order valence-electron chi connectivity index (χ4n) is 4.71. The number of nitrogens with one attached hydrogen (secondary N) is 4. The Hall–Kier alpha value is -5.53. The monoisotopic (exact) mass is 599 g/mol. The number of fused-ring (bicyclic) bond motifs is 2. The lowest BCUT2D eigenvalue weighted by Gasteiger charge is -2.12. The van der Waals surface area contributed by atoms with Crippen LogP contribution >= 0.6 is 0 Å². The van der Waals surface area contributed by atoms with E-state index >= 15 is 0 Å². The predicted octanol–water partition coefficient (Wildman–Crippen LogP) is 4.58. The van der Waals surface area contributed by atoms with Crippen LogP contribution in [0.2, 0.25) is 0 Å². The zero-order chi connectivity index (χ0) is 31.4. The molecule has 1 amide bonds. The third kappa shape index (κ3) is 6.14. The highest BCUT2D eigenvalue weighted by Crippen LogP contribution is 2.29. The third-order valence-electron chi connectivity index (χ3n) is 7.05. The van der Waals surface area contributed by atoms with E-state index in [1.807, 2.05) is 4.57 Å². The van der Waals surface area contributed by atoms with Crippen molar-refractivity contribution in [1.29, 1.82) is 0 Å². The Balaban J connectivity index is 1.24. The molecule has 44 heavy (non-hydrogen) atoms. The van der Waals surface area contributed by atoms with E-state index in [4.69, 9.17) is 0 Å². The SMILES string of the molecule is CCCNc1nc(NCCCNC(=O)c2ccc3c(=O)c(O)c(-c4ccc([N+](=O)[O-])cc4)[nH]c3c2)nc2c1ncn2C(C)C. The Kier molecular flexibility index (Phi) is 8.69. The molecule has 0 bridgehead atoms. The van der Waals surface area contributed by atoms with Crippen LogP contribution in [0.1, 0.15) is 50.0 Å². The van der Waals surface area contributed by atoms with Crippen molar-refractivity contribution in [3.8, 4) is 17.0 Å². The number of pyridine rings is 1. The summed E-state index contributed by atoms with van der Waals surface area (Å²) in [6.45, 7) is 7.84. The van der Waals surface area contributed by atoms with Gasteiger partial charge in [0.25, 0.3) is 11.6 Å². The molecule has 2 aromatic carbocycles. The summed E-state index contributed by atoms with van der Waals surface area (Å²) in [6, 6.07) is 10.1. The normalized spacial score (nSPS) is 11.3. The summed E-state index contributed by atoms with van der Waals surface area (Å²) in [5.41, 5.74) is 1.88. The van der Waals surface area contributed by atoms with Gasteiger partial charge in [0, 0.05) is 54.3 Å². The average molecular weight is 600 g/mol. The highest BCUT2D eigenvalue weighted by molar-refractivity contribution is 5.98. The number of carbonyl (C=O) groups is 1. The topological polar surface area (TPSA) is 193 Å². The molecule has 5 rings (SSSR count). The number of carbonyl (C=O) groups excluding carboxylic acids is 1. The number of benzene rings is 2. The number of anilines is 2. The number of non-ortho nitro benzene ring substituents is 1. The van der Waals surface area contributed by atoms with Gasteiger partial charge in [-0.1, -0.05) is 6.92 Å². The van der Waals surface area contributed by atoms with Gasteiger partial charge < -0.3 is 30.6 Å². The molecule has 0 unspecified atom stereocenters. The maximum absolute atomic E-state index is 12.9. The number of nitrogens with zero attached hydrogens (tertiary/aromatic N) is 5. The quantitative estimate of drug-likeness (QED) is 0.0770. The van der Waals surface area contributed by atoms with Crippen molar-refractivity contribution in [3.63, 3.8) is 0 Å². The van der Waals surface area contributed by atoms with E-state index in [9.17, 15) is 24.8 Å². The summed E-state index contributed by atoms with van der Waals surface area (Å²) in [5, 5.41) is 31.1. The van der Waals surface area contributed by atoms with Crippen LogP contribution in [0.4, 0.5) is 17.5 Å². The molecular formula is C30H33N9O5. The summed E-state index contributed by atoms with van der Waals surface area (Å²) in [6.07, 6.45) is 3.30. The molecule has 0 aliphatic heterocycles. The van der Waals surface area contributed by atoms with Crippen molar-refractivity contribution in [2.24, 2.45) is 0 Å². The number of amides is 1. The first-order valence-electron chi connectivity index (χ1n) is 14.3. The molecule has 14 heteroatoms.